The van der Waals surface area contributed by atoms with E-state index in [1.165, 1.54) is 0 Å². The SMILES string of the molecule is CC1=C(C)C([Si](C)(C)C)([Si](C)(C)C)C(C)=C1C. The molecule has 0 N–H and O–H groups in total. The average molecular weight is 267 g/mol. The topological polar surface area (TPSA) is 0 Å². The Balaban J connectivity index is 3.72. The first-order chi connectivity index (χ1) is 7.39. The largest absolute Gasteiger partial charge is 0.0688 e. The van der Waals surface area contributed by atoms with Crippen molar-refractivity contribution in [3.63, 3.8) is 0 Å². The van der Waals surface area contributed by atoms with Crippen LogP contribution in [0.25, 0.3) is 0 Å². The normalized spacial score (nSPS) is 21.5. The zero-order chi connectivity index (χ0) is 13.8. The van der Waals surface area contributed by atoms with Crippen molar-refractivity contribution in [2.75, 3.05) is 0 Å². The van der Waals surface area contributed by atoms with Gasteiger partial charge < -0.3 is 0 Å². The van der Waals surface area contributed by atoms with Gasteiger partial charge in [0.1, 0.15) is 0 Å². The summed E-state index contributed by atoms with van der Waals surface area (Å²) in [6.07, 6.45) is 0. The molecule has 2 heteroatoms. The second-order valence-corrected chi connectivity index (χ2v) is 18.8. The van der Waals surface area contributed by atoms with Crippen LogP contribution >= 0.6 is 0 Å². The molecule has 0 heterocycles. The van der Waals surface area contributed by atoms with E-state index in [9.17, 15) is 0 Å². The molecule has 0 aliphatic heterocycles. The molecule has 0 fully saturated rings. The van der Waals surface area contributed by atoms with Crippen LogP contribution in [0.15, 0.2) is 22.3 Å². The Labute approximate surface area is 110 Å². The highest BCUT2D eigenvalue weighted by Crippen LogP contribution is 2.63. The van der Waals surface area contributed by atoms with Crippen LogP contribution in [-0.4, -0.2) is 16.1 Å². The predicted octanol–water partition coefficient (Wildman–Crippen LogP) is 5.63. The fourth-order valence-electron chi connectivity index (χ4n) is 4.78. The molecule has 0 spiro atoms. The minimum absolute atomic E-state index is 0.466. The monoisotopic (exact) mass is 266 g/mol. The second kappa shape index (κ2) is 3.96. The van der Waals surface area contributed by atoms with Crippen molar-refractivity contribution in [1.82, 2.24) is 0 Å². The summed E-state index contributed by atoms with van der Waals surface area (Å²) in [6, 6.07) is 0. The predicted molar refractivity (Wildman–Crippen MR) is 86.1 cm³/mol. The van der Waals surface area contributed by atoms with E-state index < -0.39 is 16.1 Å². The third-order valence-corrected chi connectivity index (χ3v) is 15.6. The lowest BCUT2D eigenvalue weighted by Crippen LogP contribution is -2.55. The van der Waals surface area contributed by atoms with Gasteiger partial charge in [-0.2, -0.15) is 0 Å². The third kappa shape index (κ3) is 1.75. The molecule has 0 aromatic rings. The number of rotatable bonds is 2. The van der Waals surface area contributed by atoms with Crippen LogP contribution in [0.4, 0.5) is 0 Å². The molecule has 0 bridgehead atoms. The summed E-state index contributed by atoms with van der Waals surface area (Å²) in [6.45, 7) is 24.8. The van der Waals surface area contributed by atoms with E-state index in [1.54, 1.807) is 22.3 Å². The van der Waals surface area contributed by atoms with Crippen LogP contribution in [0.1, 0.15) is 27.7 Å². The Bertz CT molecular complexity index is 358. The lowest BCUT2D eigenvalue weighted by Gasteiger charge is -2.52. The smallest absolute Gasteiger partial charge is 0.0570 e. The summed E-state index contributed by atoms with van der Waals surface area (Å²) in [5.74, 6) is 0. The minimum Gasteiger partial charge on any atom is -0.0688 e. The van der Waals surface area contributed by atoms with Crippen molar-refractivity contribution in [2.45, 2.75) is 71.6 Å². The van der Waals surface area contributed by atoms with E-state index in [0.717, 1.165) is 0 Å². The third-order valence-electron chi connectivity index (χ3n) is 5.06. The van der Waals surface area contributed by atoms with Gasteiger partial charge in [0.15, 0.2) is 0 Å². The standard InChI is InChI=1S/C15H30Si2/c1-11-12(2)14(4)15(13(11)3,16(5,6)7)17(8,9)10/h1-10H3. The van der Waals surface area contributed by atoms with E-state index in [-0.39, 0.29) is 0 Å². The van der Waals surface area contributed by atoms with Gasteiger partial charge in [0.2, 0.25) is 0 Å². The Morgan fingerprint density at radius 2 is 0.824 bits per heavy atom. The van der Waals surface area contributed by atoms with Crippen LogP contribution < -0.4 is 0 Å². The summed E-state index contributed by atoms with van der Waals surface area (Å²) in [5, 5.41) is 0. The quantitative estimate of drug-likeness (QED) is 0.568. The highest BCUT2D eigenvalue weighted by Gasteiger charge is 2.57. The van der Waals surface area contributed by atoms with E-state index in [2.05, 4.69) is 67.0 Å². The molecule has 0 atom stereocenters. The van der Waals surface area contributed by atoms with Gasteiger partial charge in [-0.05, 0) is 38.8 Å². The second-order valence-electron chi connectivity index (χ2n) is 7.75. The highest BCUT2D eigenvalue weighted by molar-refractivity contribution is 7.00. The van der Waals surface area contributed by atoms with Gasteiger partial charge in [0.05, 0.1) is 16.1 Å². The van der Waals surface area contributed by atoms with Crippen molar-refractivity contribution in [1.29, 1.82) is 0 Å². The first-order valence-electron chi connectivity index (χ1n) is 6.75. The van der Waals surface area contributed by atoms with Crippen LogP contribution in [0.2, 0.25) is 43.9 Å². The zero-order valence-corrected chi connectivity index (χ0v) is 15.5. The molecule has 0 unspecified atom stereocenters. The number of allylic oxidation sites excluding steroid dienone is 4. The fraction of sp³-hybridized carbons (Fsp3) is 0.733. The molecular formula is C15H30Si2. The van der Waals surface area contributed by atoms with Crippen LogP contribution in [-0.2, 0) is 0 Å². The highest BCUT2D eigenvalue weighted by atomic mass is 28.4. The van der Waals surface area contributed by atoms with Crippen molar-refractivity contribution in [2.24, 2.45) is 0 Å². The molecular weight excluding hydrogens is 236 g/mol. The summed E-state index contributed by atoms with van der Waals surface area (Å²) in [7, 11) is -2.55. The maximum Gasteiger partial charge on any atom is 0.0570 e. The van der Waals surface area contributed by atoms with Gasteiger partial charge in [-0.3, -0.25) is 0 Å². The van der Waals surface area contributed by atoms with Gasteiger partial charge >= 0.3 is 0 Å². The molecule has 17 heavy (non-hydrogen) atoms. The van der Waals surface area contributed by atoms with E-state index >= 15 is 0 Å². The van der Waals surface area contributed by atoms with Crippen molar-refractivity contribution >= 4 is 16.1 Å². The molecule has 98 valence electrons. The molecule has 0 aromatic carbocycles. The van der Waals surface area contributed by atoms with Crippen molar-refractivity contribution in [3.8, 4) is 0 Å². The molecule has 1 aliphatic carbocycles. The van der Waals surface area contributed by atoms with E-state index in [1.807, 2.05) is 0 Å². The Morgan fingerprint density at radius 3 is 0.941 bits per heavy atom. The van der Waals surface area contributed by atoms with Crippen LogP contribution in [0.5, 0.6) is 0 Å². The maximum absolute atomic E-state index is 2.56. The van der Waals surface area contributed by atoms with Gasteiger partial charge in [0.25, 0.3) is 0 Å². The first-order valence-corrected chi connectivity index (χ1v) is 13.8. The molecule has 0 radical (unpaired) electrons. The minimum atomic E-state index is -1.27. The van der Waals surface area contributed by atoms with E-state index in [0.29, 0.717) is 4.66 Å². The Hall–Kier alpha value is -0.0862. The molecule has 0 amide bonds. The molecule has 0 saturated heterocycles. The van der Waals surface area contributed by atoms with E-state index in [4.69, 9.17) is 0 Å². The zero-order valence-electron chi connectivity index (χ0n) is 13.5. The Morgan fingerprint density at radius 1 is 0.588 bits per heavy atom. The van der Waals surface area contributed by atoms with Crippen molar-refractivity contribution < 1.29 is 0 Å². The molecule has 1 aliphatic rings. The number of hydrogen-bond acceptors (Lipinski definition) is 0. The van der Waals surface area contributed by atoms with Gasteiger partial charge in [-0.25, -0.2) is 0 Å². The van der Waals surface area contributed by atoms with Crippen molar-refractivity contribution in [3.05, 3.63) is 22.3 Å². The summed E-state index contributed by atoms with van der Waals surface area (Å²) in [5.41, 5.74) is 6.55. The number of hydrogen-bond donors (Lipinski definition) is 0. The first kappa shape index (κ1) is 15.0. The van der Waals surface area contributed by atoms with Gasteiger partial charge in [-0.15, -0.1) is 0 Å². The van der Waals surface area contributed by atoms with Crippen LogP contribution in [0, 0.1) is 0 Å². The molecule has 0 saturated carbocycles. The van der Waals surface area contributed by atoms with Gasteiger partial charge in [0, 0.05) is 4.66 Å². The molecule has 1 rings (SSSR count). The summed E-state index contributed by atoms with van der Waals surface area (Å²) < 4.78 is 0.466. The van der Waals surface area contributed by atoms with Crippen LogP contribution in [0.3, 0.4) is 0 Å². The van der Waals surface area contributed by atoms with Gasteiger partial charge in [-0.1, -0.05) is 50.4 Å². The summed E-state index contributed by atoms with van der Waals surface area (Å²) >= 11 is 0. The average Bonchev–Trinajstić information content (AvgIpc) is 2.26. The summed E-state index contributed by atoms with van der Waals surface area (Å²) in [4.78, 5) is 0. The molecule has 0 aromatic heterocycles. The maximum atomic E-state index is 2.56. The fourth-order valence-corrected chi connectivity index (χ4v) is 19.0. The lowest BCUT2D eigenvalue weighted by atomic mass is 10.1. The Kier molecular flexibility index (Phi) is 3.48. The lowest BCUT2D eigenvalue weighted by molar-refractivity contribution is 0.931. The molecule has 0 nitrogen and oxygen atoms in total.